The molecule has 2 heterocycles. The van der Waals surface area contributed by atoms with Crippen LogP contribution < -0.4 is 0 Å². The predicted molar refractivity (Wildman–Crippen MR) is 106 cm³/mol. The highest BCUT2D eigenvalue weighted by molar-refractivity contribution is 6.23. The lowest BCUT2D eigenvalue weighted by Gasteiger charge is -2.37. The SMILES string of the molecule is CC1(C)C(=O)[C@@H]2O[C@@]1(C)O[C@H]2c1ccc2ccc3cccc4ccc1c2c34. The van der Waals surface area contributed by atoms with Gasteiger partial charge in [0.15, 0.2) is 17.7 Å². The molecule has 3 atom stereocenters. The van der Waals surface area contributed by atoms with Crippen molar-refractivity contribution >= 4 is 38.1 Å². The third kappa shape index (κ3) is 1.72. The Balaban J connectivity index is 1.63. The zero-order valence-electron chi connectivity index (χ0n) is 15.6. The van der Waals surface area contributed by atoms with Gasteiger partial charge < -0.3 is 9.47 Å². The molecule has 2 aliphatic rings. The van der Waals surface area contributed by atoms with E-state index in [-0.39, 0.29) is 11.9 Å². The first-order valence-corrected chi connectivity index (χ1v) is 9.47. The Bertz CT molecular complexity index is 1240. The number of rotatable bonds is 1. The van der Waals surface area contributed by atoms with E-state index in [2.05, 4.69) is 54.6 Å². The van der Waals surface area contributed by atoms with Crippen LogP contribution in [-0.2, 0) is 14.3 Å². The van der Waals surface area contributed by atoms with Gasteiger partial charge >= 0.3 is 0 Å². The van der Waals surface area contributed by atoms with Crippen LogP contribution in [0.3, 0.4) is 0 Å². The van der Waals surface area contributed by atoms with Crippen molar-refractivity contribution in [2.75, 3.05) is 0 Å². The Morgan fingerprint density at radius 2 is 1.33 bits per heavy atom. The minimum Gasteiger partial charge on any atom is -0.338 e. The highest BCUT2D eigenvalue weighted by Crippen LogP contribution is 2.56. The number of hydrogen-bond donors (Lipinski definition) is 0. The van der Waals surface area contributed by atoms with E-state index < -0.39 is 17.3 Å². The van der Waals surface area contributed by atoms with Crippen LogP contribution in [0, 0.1) is 5.41 Å². The van der Waals surface area contributed by atoms with Gasteiger partial charge in [-0.15, -0.1) is 0 Å². The van der Waals surface area contributed by atoms with Gasteiger partial charge in [-0.1, -0.05) is 54.6 Å². The molecule has 134 valence electrons. The molecule has 3 nitrogen and oxygen atoms in total. The minimum absolute atomic E-state index is 0.131. The second kappa shape index (κ2) is 4.67. The van der Waals surface area contributed by atoms with Crippen molar-refractivity contribution < 1.29 is 14.3 Å². The molecule has 0 saturated carbocycles. The van der Waals surface area contributed by atoms with Gasteiger partial charge in [-0.05, 0) is 58.7 Å². The van der Waals surface area contributed by atoms with Gasteiger partial charge in [0, 0.05) is 0 Å². The lowest BCUT2D eigenvalue weighted by Crippen LogP contribution is -2.47. The lowest BCUT2D eigenvalue weighted by atomic mass is 9.76. The van der Waals surface area contributed by atoms with Crippen molar-refractivity contribution in [1.29, 1.82) is 0 Å². The molecular formula is C24H20O3. The van der Waals surface area contributed by atoms with Crippen LogP contribution in [0.2, 0.25) is 0 Å². The molecule has 3 heteroatoms. The van der Waals surface area contributed by atoms with Crippen molar-refractivity contribution in [3.8, 4) is 0 Å². The average molecular weight is 356 g/mol. The number of carbonyl (C=O) groups excluding carboxylic acids is 1. The van der Waals surface area contributed by atoms with E-state index in [1.54, 1.807) is 0 Å². The maximum Gasteiger partial charge on any atom is 0.179 e. The molecule has 2 saturated heterocycles. The molecule has 2 fully saturated rings. The third-order valence-corrected chi connectivity index (χ3v) is 6.86. The lowest BCUT2D eigenvalue weighted by molar-refractivity contribution is -0.201. The summed E-state index contributed by atoms with van der Waals surface area (Å²) in [7, 11) is 0. The molecule has 4 aromatic rings. The highest BCUT2D eigenvalue weighted by Gasteiger charge is 2.67. The predicted octanol–water partition coefficient (Wildman–Crippen LogP) is 5.37. The maximum atomic E-state index is 12.9. The number of fused-ring (bicyclic) bond motifs is 2. The quantitative estimate of drug-likeness (QED) is 0.430. The number of Topliss-reactive ketones (excluding diaryl/α,β-unsaturated/α-hetero) is 1. The van der Waals surface area contributed by atoms with Crippen molar-refractivity contribution in [2.24, 2.45) is 5.41 Å². The standard InChI is InChI=1S/C24H20O3/c1-23(2)22(25)21-20(26-24(23,3)27-21)17-12-10-15-8-7-13-5-4-6-14-9-11-16(17)19(15)18(13)14/h4-12,20-21H,1-3H3/t20-,21+,24+/m0/s1. The summed E-state index contributed by atoms with van der Waals surface area (Å²) in [6.07, 6.45) is -0.899. The summed E-state index contributed by atoms with van der Waals surface area (Å²) in [6.45, 7) is 5.71. The number of hydrogen-bond acceptors (Lipinski definition) is 3. The van der Waals surface area contributed by atoms with Crippen LogP contribution in [0.4, 0.5) is 0 Å². The highest BCUT2D eigenvalue weighted by atomic mass is 16.8. The Kier molecular flexibility index (Phi) is 2.69. The van der Waals surface area contributed by atoms with E-state index in [9.17, 15) is 4.79 Å². The molecular weight excluding hydrogens is 336 g/mol. The van der Waals surface area contributed by atoms with Gasteiger partial charge in [0.25, 0.3) is 0 Å². The normalized spacial score (nSPS) is 29.5. The first-order chi connectivity index (χ1) is 12.9. The van der Waals surface area contributed by atoms with Crippen molar-refractivity contribution in [3.63, 3.8) is 0 Å². The summed E-state index contributed by atoms with van der Waals surface area (Å²) >= 11 is 0. The molecule has 4 aromatic carbocycles. The monoisotopic (exact) mass is 356 g/mol. The smallest absolute Gasteiger partial charge is 0.179 e. The van der Waals surface area contributed by atoms with Gasteiger partial charge in [0.2, 0.25) is 0 Å². The van der Waals surface area contributed by atoms with Gasteiger partial charge in [-0.25, -0.2) is 0 Å². The molecule has 0 amide bonds. The second-order valence-corrected chi connectivity index (χ2v) is 8.52. The third-order valence-electron chi connectivity index (χ3n) is 6.86. The fourth-order valence-corrected chi connectivity index (χ4v) is 4.93. The first-order valence-electron chi connectivity index (χ1n) is 9.47. The molecule has 2 bridgehead atoms. The molecule has 0 aromatic heterocycles. The molecule has 2 aliphatic heterocycles. The van der Waals surface area contributed by atoms with E-state index in [1.807, 2.05) is 20.8 Å². The molecule has 6 rings (SSSR count). The molecule has 0 unspecified atom stereocenters. The molecule has 27 heavy (non-hydrogen) atoms. The van der Waals surface area contributed by atoms with Crippen molar-refractivity contribution in [1.82, 2.24) is 0 Å². The summed E-state index contributed by atoms with van der Waals surface area (Å²) in [6, 6.07) is 19.3. The van der Waals surface area contributed by atoms with E-state index in [0.717, 1.165) is 10.9 Å². The molecule has 0 radical (unpaired) electrons. The summed E-state index contributed by atoms with van der Waals surface area (Å²) in [5.74, 6) is -0.740. The minimum atomic E-state index is -0.872. The Morgan fingerprint density at radius 1 is 0.741 bits per heavy atom. The number of benzene rings is 4. The first kappa shape index (κ1) is 15.6. The van der Waals surface area contributed by atoms with Crippen molar-refractivity contribution in [3.05, 3.63) is 60.2 Å². The van der Waals surface area contributed by atoms with E-state index in [4.69, 9.17) is 9.47 Å². The van der Waals surface area contributed by atoms with Crippen LogP contribution in [0.1, 0.15) is 32.4 Å². The Hall–Kier alpha value is -2.49. The van der Waals surface area contributed by atoms with Crippen LogP contribution in [-0.4, -0.2) is 17.7 Å². The number of carbonyl (C=O) groups is 1. The molecule has 0 spiro atoms. The zero-order valence-corrected chi connectivity index (χ0v) is 15.6. The fourth-order valence-electron chi connectivity index (χ4n) is 4.93. The van der Waals surface area contributed by atoms with Crippen molar-refractivity contribution in [2.45, 2.75) is 38.8 Å². The number of ketones is 1. The van der Waals surface area contributed by atoms with Gasteiger partial charge in [-0.3, -0.25) is 4.79 Å². The van der Waals surface area contributed by atoms with Crippen LogP contribution in [0.15, 0.2) is 54.6 Å². The van der Waals surface area contributed by atoms with Crippen LogP contribution >= 0.6 is 0 Å². The second-order valence-electron chi connectivity index (χ2n) is 8.52. The van der Waals surface area contributed by atoms with Gasteiger partial charge in [-0.2, -0.15) is 0 Å². The van der Waals surface area contributed by atoms with Gasteiger partial charge in [0.05, 0.1) is 5.41 Å². The van der Waals surface area contributed by atoms with E-state index in [1.165, 1.54) is 26.9 Å². The summed E-state index contributed by atoms with van der Waals surface area (Å²) < 4.78 is 12.4. The van der Waals surface area contributed by atoms with E-state index in [0.29, 0.717) is 0 Å². The van der Waals surface area contributed by atoms with Gasteiger partial charge in [0.1, 0.15) is 6.10 Å². The number of ether oxygens (including phenoxy) is 2. The zero-order chi connectivity index (χ0) is 18.6. The Labute approximate surface area is 157 Å². The fraction of sp³-hybridized carbons (Fsp3) is 0.292. The van der Waals surface area contributed by atoms with Crippen LogP contribution in [0.25, 0.3) is 32.3 Å². The molecule has 0 aliphatic carbocycles. The van der Waals surface area contributed by atoms with Crippen LogP contribution in [0.5, 0.6) is 0 Å². The summed E-state index contributed by atoms with van der Waals surface area (Å²) in [4.78, 5) is 12.9. The summed E-state index contributed by atoms with van der Waals surface area (Å²) in [5.41, 5.74) is 0.413. The Morgan fingerprint density at radius 3 is 2.00 bits per heavy atom. The maximum absolute atomic E-state index is 12.9. The largest absolute Gasteiger partial charge is 0.338 e. The average Bonchev–Trinajstić information content (AvgIpc) is 3.11. The molecule has 0 N–H and O–H groups in total. The summed E-state index contributed by atoms with van der Waals surface area (Å²) in [5, 5.41) is 7.34. The van der Waals surface area contributed by atoms with E-state index >= 15 is 0 Å². The topological polar surface area (TPSA) is 35.5 Å².